The van der Waals surface area contributed by atoms with Crippen molar-refractivity contribution in [2.45, 2.75) is 76.3 Å². The van der Waals surface area contributed by atoms with Gasteiger partial charge in [0.05, 0.1) is 10.2 Å². The third kappa shape index (κ3) is 3.15. The average molecular weight is 494 g/mol. The molecule has 1 aromatic heterocycles. The van der Waals surface area contributed by atoms with E-state index < -0.39 is 31.4 Å². The molecule has 2 aliphatic heterocycles. The molecule has 2 saturated heterocycles. The molecule has 9 heteroatoms. The first-order chi connectivity index (χ1) is 11.9. The van der Waals surface area contributed by atoms with Crippen LogP contribution in [0.3, 0.4) is 0 Å². The monoisotopic (exact) mass is 494 g/mol. The number of nitrogens with zero attached hydrogens (tertiary/aromatic N) is 1. The number of rotatable bonds is 4. The lowest BCUT2D eigenvalue weighted by atomic mass is 9.96. The zero-order chi connectivity index (χ0) is 19.5. The van der Waals surface area contributed by atoms with Crippen LogP contribution < -0.4 is 11.2 Å². The van der Waals surface area contributed by atoms with Gasteiger partial charge in [0, 0.05) is 6.20 Å². The SMILES string of the molecule is CC[C@@]12COC([C@H](n3cc(I)c(=O)[nH]c3=O)O1)[C@H]2O[Si](C)(C)C(C)(C)C. The van der Waals surface area contributed by atoms with Crippen LogP contribution in [0.25, 0.3) is 0 Å². The number of ether oxygens (including phenoxy) is 2. The lowest BCUT2D eigenvalue weighted by molar-refractivity contribution is -0.175. The standard InChI is InChI=1S/C17H27IN2O5Si/c1-7-17-9-23-11(12(17)25-26(5,6)16(2,3)4)14(24-17)20-8-10(18)13(21)19-15(20)22/h8,11-12,14H,7,9H2,1-6H3,(H,19,21,22)/t11?,12-,14-,17+/m1/s1. The number of aromatic amines is 1. The second kappa shape index (κ2) is 6.54. The molecule has 0 saturated carbocycles. The highest BCUT2D eigenvalue weighted by Crippen LogP contribution is 2.50. The summed E-state index contributed by atoms with van der Waals surface area (Å²) < 4.78 is 20.9. The Morgan fingerprint density at radius 2 is 2.08 bits per heavy atom. The molecule has 1 aromatic rings. The molecule has 2 bridgehead atoms. The molecule has 0 amide bonds. The maximum absolute atomic E-state index is 12.3. The highest BCUT2D eigenvalue weighted by molar-refractivity contribution is 14.1. The lowest BCUT2D eigenvalue weighted by Crippen LogP contribution is -2.51. The first-order valence-corrected chi connectivity index (χ1v) is 12.9. The smallest absolute Gasteiger partial charge is 0.330 e. The van der Waals surface area contributed by atoms with Crippen molar-refractivity contribution < 1.29 is 13.9 Å². The Morgan fingerprint density at radius 3 is 2.65 bits per heavy atom. The second-order valence-electron chi connectivity index (χ2n) is 8.64. The van der Waals surface area contributed by atoms with E-state index >= 15 is 0 Å². The summed E-state index contributed by atoms with van der Waals surface area (Å²) >= 11 is 1.91. The maximum Gasteiger partial charge on any atom is 0.330 e. The van der Waals surface area contributed by atoms with E-state index in [4.69, 9.17) is 13.9 Å². The number of fused-ring (bicyclic) bond motifs is 2. The summed E-state index contributed by atoms with van der Waals surface area (Å²) in [5.41, 5.74) is -1.45. The Kier molecular flexibility index (Phi) is 5.09. The van der Waals surface area contributed by atoms with Gasteiger partial charge in [-0.05, 0) is 47.1 Å². The van der Waals surface area contributed by atoms with Crippen LogP contribution in [0.4, 0.5) is 0 Å². The molecular formula is C17H27IN2O5Si. The van der Waals surface area contributed by atoms with Crippen LogP contribution in [-0.4, -0.2) is 42.3 Å². The predicted molar refractivity (Wildman–Crippen MR) is 109 cm³/mol. The van der Waals surface area contributed by atoms with Crippen LogP contribution in [0.1, 0.15) is 40.3 Å². The fourth-order valence-electron chi connectivity index (χ4n) is 3.27. The fourth-order valence-corrected chi connectivity index (χ4v) is 5.04. The number of nitrogens with one attached hydrogen (secondary N) is 1. The van der Waals surface area contributed by atoms with E-state index in [1.807, 2.05) is 22.6 Å². The third-order valence-corrected chi connectivity index (χ3v) is 11.2. The number of H-pyrrole nitrogens is 1. The topological polar surface area (TPSA) is 82.6 Å². The molecule has 0 aromatic carbocycles. The number of hydrogen-bond acceptors (Lipinski definition) is 5. The summed E-state index contributed by atoms with van der Waals surface area (Å²) in [5, 5.41) is 0.0592. The zero-order valence-corrected chi connectivity index (χ0v) is 19.2. The number of hydrogen-bond donors (Lipinski definition) is 1. The van der Waals surface area contributed by atoms with E-state index in [0.717, 1.165) is 6.42 Å². The number of aromatic nitrogens is 2. The molecule has 2 fully saturated rings. The van der Waals surface area contributed by atoms with Crippen LogP contribution >= 0.6 is 22.6 Å². The predicted octanol–water partition coefficient (Wildman–Crippen LogP) is 2.61. The van der Waals surface area contributed by atoms with Gasteiger partial charge in [-0.25, -0.2) is 4.79 Å². The molecule has 1 unspecified atom stereocenters. The van der Waals surface area contributed by atoms with Gasteiger partial charge in [0.1, 0.15) is 17.8 Å². The first kappa shape index (κ1) is 20.2. The van der Waals surface area contributed by atoms with Crippen molar-refractivity contribution in [1.29, 1.82) is 0 Å². The van der Waals surface area contributed by atoms with E-state index in [2.05, 4.69) is 45.8 Å². The van der Waals surface area contributed by atoms with Crippen LogP contribution in [0.2, 0.25) is 18.1 Å². The van der Waals surface area contributed by atoms with Gasteiger partial charge in [-0.2, -0.15) is 0 Å². The molecule has 1 N–H and O–H groups in total. The molecule has 0 spiro atoms. The second-order valence-corrected chi connectivity index (χ2v) is 14.6. The summed E-state index contributed by atoms with van der Waals surface area (Å²) in [6, 6.07) is 0. The first-order valence-electron chi connectivity index (χ1n) is 8.90. The van der Waals surface area contributed by atoms with Crippen molar-refractivity contribution in [1.82, 2.24) is 9.55 Å². The molecule has 2 aliphatic rings. The lowest BCUT2D eigenvalue weighted by Gasteiger charge is -2.40. The molecule has 0 aliphatic carbocycles. The van der Waals surface area contributed by atoms with Crippen LogP contribution in [0.5, 0.6) is 0 Å². The highest BCUT2D eigenvalue weighted by atomic mass is 127. The van der Waals surface area contributed by atoms with Crippen LogP contribution in [-0.2, 0) is 13.9 Å². The van der Waals surface area contributed by atoms with Crippen LogP contribution in [0, 0.1) is 3.57 Å². The third-order valence-electron chi connectivity index (χ3n) is 6.00. The Balaban J connectivity index is 1.98. The Labute approximate surface area is 167 Å². The normalized spacial score (nSPS) is 31.6. The molecule has 26 heavy (non-hydrogen) atoms. The van der Waals surface area contributed by atoms with Crippen LogP contribution in [0.15, 0.2) is 15.8 Å². The van der Waals surface area contributed by atoms with Gasteiger partial charge >= 0.3 is 5.69 Å². The average Bonchev–Trinajstić information content (AvgIpc) is 3.02. The minimum absolute atomic E-state index is 0.0592. The Morgan fingerprint density at radius 1 is 1.42 bits per heavy atom. The van der Waals surface area contributed by atoms with Gasteiger partial charge in [-0.1, -0.05) is 27.7 Å². The van der Waals surface area contributed by atoms with Crippen molar-refractivity contribution in [3.63, 3.8) is 0 Å². The van der Waals surface area contributed by atoms with E-state index in [1.165, 1.54) is 10.8 Å². The van der Waals surface area contributed by atoms with Gasteiger partial charge in [-0.3, -0.25) is 14.3 Å². The van der Waals surface area contributed by atoms with Gasteiger partial charge in [0.15, 0.2) is 14.5 Å². The summed E-state index contributed by atoms with van der Waals surface area (Å²) in [5.74, 6) is 0. The largest absolute Gasteiger partial charge is 0.408 e. The quantitative estimate of drug-likeness (QED) is 0.514. The molecule has 3 rings (SSSR count). The van der Waals surface area contributed by atoms with E-state index in [9.17, 15) is 9.59 Å². The molecular weight excluding hydrogens is 467 g/mol. The van der Waals surface area contributed by atoms with Crippen molar-refractivity contribution in [3.05, 3.63) is 30.6 Å². The Hall–Kier alpha value is -0.493. The minimum atomic E-state index is -2.05. The van der Waals surface area contributed by atoms with Gasteiger partial charge in [0.2, 0.25) is 0 Å². The molecule has 0 radical (unpaired) electrons. The van der Waals surface area contributed by atoms with Crippen molar-refractivity contribution >= 4 is 30.9 Å². The zero-order valence-electron chi connectivity index (χ0n) is 16.1. The maximum atomic E-state index is 12.3. The van der Waals surface area contributed by atoms with Gasteiger partial charge in [0.25, 0.3) is 5.56 Å². The molecule has 4 atom stereocenters. The highest BCUT2D eigenvalue weighted by Gasteiger charge is 2.63. The summed E-state index contributed by atoms with van der Waals surface area (Å²) in [6.07, 6.45) is 1.06. The number of halogens is 1. The van der Waals surface area contributed by atoms with Crippen molar-refractivity contribution in [2.75, 3.05) is 6.61 Å². The summed E-state index contributed by atoms with van der Waals surface area (Å²) in [6.45, 7) is 13.5. The summed E-state index contributed by atoms with van der Waals surface area (Å²) in [7, 11) is -2.05. The van der Waals surface area contributed by atoms with E-state index in [0.29, 0.717) is 10.2 Å². The van der Waals surface area contributed by atoms with Gasteiger partial charge < -0.3 is 13.9 Å². The van der Waals surface area contributed by atoms with E-state index in [-0.39, 0.29) is 17.2 Å². The fraction of sp³-hybridized carbons (Fsp3) is 0.765. The minimum Gasteiger partial charge on any atom is -0.408 e. The molecule has 3 heterocycles. The van der Waals surface area contributed by atoms with Crippen molar-refractivity contribution in [3.8, 4) is 0 Å². The van der Waals surface area contributed by atoms with Gasteiger partial charge in [-0.15, -0.1) is 0 Å². The van der Waals surface area contributed by atoms with Crippen molar-refractivity contribution in [2.24, 2.45) is 0 Å². The van der Waals surface area contributed by atoms with E-state index in [1.54, 1.807) is 0 Å². The molecule has 7 nitrogen and oxygen atoms in total. The molecule has 146 valence electrons. The Bertz CT molecular complexity index is 815. The summed E-state index contributed by atoms with van der Waals surface area (Å²) in [4.78, 5) is 26.4.